The third-order valence-electron chi connectivity index (χ3n) is 3.01. The van der Waals surface area contributed by atoms with E-state index in [1.807, 2.05) is 25.8 Å². The van der Waals surface area contributed by atoms with Crippen molar-refractivity contribution in [3.63, 3.8) is 0 Å². The molecule has 1 amide bonds. The summed E-state index contributed by atoms with van der Waals surface area (Å²) in [6, 6.07) is 0. The van der Waals surface area contributed by atoms with E-state index in [1.165, 1.54) is 0 Å². The Balaban J connectivity index is 3.11. The van der Waals surface area contributed by atoms with Gasteiger partial charge in [0.15, 0.2) is 0 Å². The average Bonchev–Trinajstić information content (AvgIpc) is 2.42. The monoisotopic (exact) mass is 279 g/mol. The van der Waals surface area contributed by atoms with Crippen LogP contribution in [0.2, 0.25) is 0 Å². The molecule has 0 saturated heterocycles. The second-order valence-corrected chi connectivity index (χ2v) is 4.75. The Morgan fingerprint density at radius 3 is 2.55 bits per heavy atom. The molecule has 1 heterocycles. The van der Waals surface area contributed by atoms with Crippen molar-refractivity contribution >= 4 is 17.5 Å². The molecule has 0 fully saturated rings. The van der Waals surface area contributed by atoms with E-state index in [2.05, 4.69) is 27.5 Å². The molecule has 20 heavy (non-hydrogen) atoms. The number of carbonyl (C=O) groups is 1. The Hall–Kier alpha value is -1.85. The molecule has 0 bridgehead atoms. The molecule has 0 spiro atoms. The summed E-state index contributed by atoms with van der Waals surface area (Å²) in [6.45, 7) is 7.20. The van der Waals surface area contributed by atoms with Crippen molar-refractivity contribution in [2.24, 2.45) is 0 Å². The van der Waals surface area contributed by atoms with E-state index in [9.17, 15) is 4.79 Å². The van der Waals surface area contributed by atoms with Crippen LogP contribution < -0.4 is 15.5 Å². The molecule has 1 rings (SSSR count). The third-order valence-corrected chi connectivity index (χ3v) is 3.01. The Bertz CT molecular complexity index is 461. The number of likely N-dealkylation sites (N-methyl/N-ethyl adjacent to an activating group) is 2. The highest BCUT2D eigenvalue weighted by molar-refractivity contribution is 5.81. The highest BCUT2D eigenvalue weighted by Crippen LogP contribution is 2.23. The van der Waals surface area contributed by atoms with Crippen LogP contribution >= 0.6 is 0 Å². The van der Waals surface area contributed by atoms with Crippen LogP contribution in [0.25, 0.3) is 0 Å². The van der Waals surface area contributed by atoms with Crippen LogP contribution in [-0.2, 0) is 11.2 Å². The molecular weight excluding hydrogens is 254 g/mol. The fourth-order valence-electron chi connectivity index (χ4n) is 1.97. The predicted molar refractivity (Wildman–Crippen MR) is 82.3 cm³/mol. The lowest BCUT2D eigenvalue weighted by atomic mass is 10.2. The van der Waals surface area contributed by atoms with E-state index in [4.69, 9.17) is 0 Å². The zero-order valence-electron chi connectivity index (χ0n) is 13.1. The Morgan fingerprint density at radius 2 is 2.00 bits per heavy atom. The lowest BCUT2D eigenvalue weighted by molar-refractivity contribution is -0.119. The quantitative estimate of drug-likeness (QED) is 0.788. The van der Waals surface area contributed by atoms with Gasteiger partial charge in [0, 0.05) is 32.6 Å². The van der Waals surface area contributed by atoms with Crippen LogP contribution in [0, 0.1) is 6.92 Å². The van der Waals surface area contributed by atoms with Crippen LogP contribution in [0.3, 0.4) is 0 Å². The summed E-state index contributed by atoms with van der Waals surface area (Å²) in [5, 5.41) is 5.88. The molecule has 2 N–H and O–H groups in total. The van der Waals surface area contributed by atoms with Gasteiger partial charge in [-0.05, 0) is 20.3 Å². The van der Waals surface area contributed by atoms with Crippen LogP contribution in [0.5, 0.6) is 0 Å². The second kappa shape index (κ2) is 7.67. The van der Waals surface area contributed by atoms with Gasteiger partial charge >= 0.3 is 0 Å². The molecule has 0 atom stereocenters. The largest absolute Gasteiger partial charge is 0.370 e. The van der Waals surface area contributed by atoms with Crippen molar-refractivity contribution in [3.8, 4) is 0 Å². The van der Waals surface area contributed by atoms with Crippen molar-refractivity contribution in [3.05, 3.63) is 11.4 Å². The molecular formula is C14H25N5O. The number of aromatic nitrogens is 2. The van der Waals surface area contributed by atoms with Gasteiger partial charge in [0.25, 0.3) is 0 Å². The zero-order valence-corrected chi connectivity index (χ0v) is 13.1. The first-order valence-corrected chi connectivity index (χ1v) is 7.06. The summed E-state index contributed by atoms with van der Waals surface area (Å²) in [4.78, 5) is 22.5. The predicted octanol–water partition coefficient (Wildman–Crippen LogP) is 1.35. The van der Waals surface area contributed by atoms with Gasteiger partial charge in [-0.2, -0.15) is 0 Å². The van der Waals surface area contributed by atoms with Gasteiger partial charge < -0.3 is 15.5 Å². The molecule has 112 valence electrons. The number of nitrogens with one attached hydrogen (secondary N) is 2. The van der Waals surface area contributed by atoms with Gasteiger partial charge in [-0.15, -0.1) is 0 Å². The number of hydrogen-bond acceptors (Lipinski definition) is 5. The van der Waals surface area contributed by atoms with Gasteiger partial charge in [-0.3, -0.25) is 4.79 Å². The van der Waals surface area contributed by atoms with Gasteiger partial charge in [-0.1, -0.05) is 6.92 Å². The first-order chi connectivity index (χ1) is 9.53. The molecule has 0 aromatic carbocycles. The molecule has 0 unspecified atom stereocenters. The molecule has 0 radical (unpaired) electrons. The second-order valence-electron chi connectivity index (χ2n) is 4.75. The highest BCUT2D eigenvalue weighted by atomic mass is 16.1. The van der Waals surface area contributed by atoms with Crippen molar-refractivity contribution in [2.45, 2.75) is 33.6 Å². The molecule has 0 aliphatic heterocycles. The average molecular weight is 279 g/mol. The third kappa shape index (κ3) is 4.08. The minimum atomic E-state index is -0.0347. The van der Waals surface area contributed by atoms with Gasteiger partial charge in [-0.25, -0.2) is 9.97 Å². The zero-order chi connectivity index (χ0) is 15.1. The summed E-state index contributed by atoms with van der Waals surface area (Å²) >= 11 is 0. The molecule has 0 aliphatic rings. The molecule has 0 aliphatic carbocycles. The Kier molecular flexibility index (Phi) is 6.21. The van der Waals surface area contributed by atoms with Gasteiger partial charge in [0.2, 0.25) is 5.91 Å². The summed E-state index contributed by atoms with van der Waals surface area (Å²) in [6.07, 6.45) is 1.83. The number of anilines is 2. The summed E-state index contributed by atoms with van der Waals surface area (Å²) in [7, 11) is 3.51. The van der Waals surface area contributed by atoms with E-state index in [1.54, 1.807) is 7.05 Å². The van der Waals surface area contributed by atoms with E-state index in [0.29, 0.717) is 0 Å². The maximum Gasteiger partial charge on any atom is 0.239 e. The first kappa shape index (κ1) is 16.2. The smallest absolute Gasteiger partial charge is 0.239 e. The van der Waals surface area contributed by atoms with Crippen molar-refractivity contribution in [2.75, 3.05) is 37.4 Å². The fourth-order valence-corrected chi connectivity index (χ4v) is 1.97. The van der Waals surface area contributed by atoms with Crippen LogP contribution in [0.1, 0.15) is 31.7 Å². The van der Waals surface area contributed by atoms with Gasteiger partial charge in [0.05, 0.1) is 6.54 Å². The van der Waals surface area contributed by atoms with Crippen LogP contribution in [0.4, 0.5) is 11.6 Å². The molecule has 1 aromatic rings. The maximum absolute atomic E-state index is 11.5. The van der Waals surface area contributed by atoms with E-state index in [-0.39, 0.29) is 12.5 Å². The van der Waals surface area contributed by atoms with Crippen molar-refractivity contribution in [1.82, 2.24) is 15.3 Å². The number of rotatable bonds is 7. The number of hydrogen-bond donors (Lipinski definition) is 2. The van der Waals surface area contributed by atoms with E-state index >= 15 is 0 Å². The lowest BCUT2D eigenvalue weighted by Gasteiger charge is -2.21. The number of nitrogens with zero attached hydrogens (tertiary/aromatic N) is 3. The lowest BCUT2D eigenvalue weighted by Crippen LogP contribution is -2.34. The SMILES string of the molecule is CCCc1nc(NCC)c(C)c(N(C)CC(=O)NC)n1. The topological polar surface area (TPSA) is 70.2 Å². The molecule has 6 heteroatoms. The van der Waals surface area contributed by atoms with Gasteiger partial charge in [0.1, 0.15) is 17.5 Å². The summed E-state index contributed by atoms with van der Waals surface area (Å²) in [5.41, 5.74) is 0.970. The Labute approximate surface area is 121 Å². The van der Waals surface area contributed by atoms with Crippen molar-refractivity contribution in [1.29, 1.82) is 0 Å². The van der Waals surface area contributed by atoms with Crippen LogP contribution in [0.15, 0.2) is 0 Å². The molecule has 1 aromatic heterocycles. The summed E-state index contributed by atoms with van der Waals surface area (Å²) < 4.78 is 0. The number of carbonyl (C=O) groups excluding carboxylic acids is 1. The fraction of sp³-hybridized carbons (Fsp3) is 0.643. The number of amides is 1. The van der Waals surface area contributed by atoms with Crippen molar-refractivity contribution < 1.29 is 4.79 Å². The Morgan fingerprint density at radius 1 is 1.30 bits per heavy atom. The highest BCUT2D eigenvalue weighted by Gasteiger charge is 2.15. The van der Waals surface area contributed by atoms with E-state index in [0.717, 1.165) is 42.4 Å². The van der Waals surface area contributed by atoms with E-state index < -0.39 is 0 Å². The summed E-state index contributed by atoms with van der Waals surface area (Å²) in [5.74, 6) is 2.44. The minimum absolute atomic E-state index is 0.0347. The first-order valence-electron chi connectivity index (χ1n) is 7.06. The molecule has 6 nitrogen and oxygen atoms in total. The normalized spacial score (nSPS) is 10.2. The number of aryl methyl sites for hydroxylation is 1. The minimum Gasteiger partial charge on any atom is -0.370 e. The van der Waals surface area contributed by atoms with Crippen LogP contribution in [-0.4, -0.2) is 43.1 Å². The standard InChI is InChI=1S/C14H25N5O/c1-6-8-11-17-13(16-7-2)10(3)14(18-11)19(5)9-12(20)15-4/h6-9H2,1-5H3,(H,15,20)(H,16,17,18). The maximum atomic E-state index is 11.5. The molecule has 0 saturated carbocycles.